The van der Waals surface area contributed by atoms with Gasteiger partial charge in [-0.1, -0.05) is 34.4 Å². The number of hydrogen-bond donors (Lipinski definition) is 2. The topological polar surface area (TPSA) is 112 Å². The molecule has 2 aromatic heterocycles. The van der Waals surface area contributed by atoms with Crippen LogP contribution in [0.1, 0.15) is 55.0 Å². The highest BCUT2D eigenvalue weighted by molar-refractivity contribution is 7.18. The van der Waals surface area contributed by atoms with E-state index in [-0.39, 0.29) is 41.2 Å². The Labute approximate surface area is 243 Å². The number of aliphatic hydroxyl groups is 2. The van der Waals surface area contributed by atoms with Crippen molar-refractivity contribution in [3.05, 3.63) is 68.1 Å². The van der Waals surface area contributed by atoms with Crippen LogP contribution >= 0.6 is 34.5 Å². The van der Waals surface area contributed by atoms with Gasteiger partial charge in [0, 0.05) is 11.5 Å². The van der Waals surface area contributed by atoms with Crippen molar-refractivity contribution in [1.82, 2.24) is 10.1 Å². The Balaban J connectivity index is 1.18. The average Bonchev–Trinajstić information content (AvgIpc) is 3.62. The highest BCUT2D eigenvalue weighted by Gasteiger charge is 2.76. The van der Waals surface area contributed by atoms with Crippen LogP contribution in [0.5, 0.6) is 0 Å². The molecule has 2 N–H and O–H groups in total. The van der Waals surface area contributed by atoms with E-state index >= 15 is 0 Å². The summed E-state index contributed by atoms with van der Waals surface area (Å²) < 4.78 is 27.4. The summed E-state index contributed by atoms with van der Waals surface area (Å²) >= 11 is 14.2. The molecule has 4 aromatic rings. The Morgan fingerprint density at radius 2 is 2.00 bits per heavy atom. The van der Waals surface area contributed by atoms with Crippen LogP contribution in [-0.2, 0) is 22.5 Å². The Kier molecular flexibility index (Phi) is 5.73. The molecule has 5 atom stereocenters. The van der Waals surface area contributed by atoms with E-state index in [1.54, 1.807) is 38.1 Å². The third-order valence-electron chi connectivity index (χ3n) is 9.01. The predicted molar refractivity (Wildman–Crippen MR) is 147 cm³/mol. The van der Waals surface area contributed by atoms with E-state index in [0.717, 1.165) is 6.42 Å². The van der Waals surface area contributed by atoms with E-state index in [9.17, 15) is 19.9 Å². The first-order valence-corrected chi connectivity index (χ1v) is 14.6. The van der Waals surface area contributed by atoms with Crippen molar-refractivity contribution in [1.29, 1.82) is 5.26 Å². The fourth-order valence-electron chi connectivity index (χ4n) is 7.24. The molecule has 3 aliphatic rings. The summed E-state index contributed by atoms with van der Waals surface area (Å²) in [6, 6.07) is 9.94. The van der Waals surface area contributed by atoms with Gasteiger partial charge < -0.3 is 19.5 Å². The molecule has 2 unspecified atom stereocenters. The minimum Gasteiger partial charge on any atom is -0.382 e. The van der Waals surface area contributed by atoms with Crippen LogP contribution < -0.4 is 0 Å². The number of nitrogens with zero attached hydrogens (tertiary/aromatic N) is 3. The molecule has 206 valence electrons. The summed E-state index contributed by atoms with van der Waals surface area (Å²) in [6.45, 7) is 3.35. The number of thiazole rings is 1. The van der Waals surface area contributed by atoms with E-state index < -0.39 is 22.6 Å². The maximum atomic E-state index is 14.6. The van der Waals surface area contributed by atoms with Gasteiger partial charge in [0.15, 0.2) is 11.6 Å². The Hall–Kier alpha value is -2.58. The van der Waals surface area contributed by atoms with Crippen molar-refractivity contribution in [2.75, 3.05) is 0 Å². The highest BCUT2D eigenvalue weighted by atomic mass is 35.5. The number of nitriles is 1. The summed E-state index contributed by atoms with van der Waals surface area (Å²) in [5, 5.41) is 37.5. The molecular weight excluding hydrogens is 576 g/mol. The van der Waals surface area contributed by atoms with Crippen LogP contribution in [0.25, 0.3) is 21.5 Å². The van der Waals surface area contributed by atoms with Gasteiger partial charge in [-0.05, 0) is 69.2 Å². The minimum absolute atomic E-state index is 0.0704. The summed E-state index contributed by atoms with van der Waals surface area (Å²) in [7, 11) is 0. The molecule has 7 nitrogen and oxygen atoms in total. The monoisotopic (exact) mass is 599 g/mol. The van der Waals surface area contributed by atoms with E-state index in [1.807, 2.05) is 6.07 Å². The molecule has 2 heterocycles. The van der Waals surface area contributed by atoms with Gasteiger partial charge in [0.1, 0.15) is 27.4 Å². The van der Waals surface area contributed by atoms with Crippen LogP contribution in [0, 0.1) is 34.9 Å². The zero-order valence-corrected chi connectivity index (χ0v) is 23.9. The second-order valence-electron chi connectivity index (χ2n) is 11.7. The lowest BCUT2D eigenvalue weighted by molar-refractivity contribution is -0.246. The molecule has 0 radical (unpaired) electrons. The number of fused-ring (bicyclic) bond motifs is 2. The SMILES string of the molecule is CC(C)(O)c1onc(-c2c(Cl)cccc2Cl)c1CO[C@@]12CC3C1C[C@H](C2)[C@@]3(O)c1nc2c(F)cc(C#N)cc2s1. The lowest BCUT2D eigenvalue weighted by Crippen LogP contribution is -2.62. The number of benzene rings is 2. The number of aromatic nitrogens is 2. The van der Waals surface area contributed by atoms with Gasteiger partial charge in [-0.25, -0.2) is 9.37 Å². The smallest absolute Gasteiger partial charge is 0.173 e. The number of ether oxygens (including phenoxy) is 1. The van der Waals surface area contributed by atoms with E-state index in [0.29, 0.717) is 49.4 Å². The normalized spacial score (nSPS) is 28.7. The maximum Gasteiger partial charge on any atom is 0.173 e. The van der Waals surface area contributed by atoms with Gasteiger partial charge in [-0.3, -0.25) is 0 Å². The summed E-state index contributed by atoms with van der Waals surface area (Å²) in [4.78, 5) is 4.51. The van der Waals surface area contributed by atoms with Crippen molar-refractivity contribution in [3.8, 4) is 17.3 Å². The van der Waals surface area contributed by atoms with Crippen LogP contribution in [0.2, 0.25) is 10.0 Å². The molecule has 3 fully saturated rings. The zero-order valence-electron chi connectivity index (χ0n) is 21.5. The summed E-state index contributed by atoms with van der Waals surface area (Å²) in [6.07, 6.45) is 2.02. The lowest BCUT2D eigenvalue weighted by Gasteiger charge is -2.58. The van der Waals surface area contributed by atoms with Gasteiger partial charge in [0.05, 0.1) is 44.1 Å². The van der Waals surface area contributed by atoms with Gasteiger partial charge >= 0.3 is 0 Å². The molecule has 0 saturated heterocycles. The summed E-state index contributed by atoms with van der Waals surface area (Å²) in [5.74, 6) is -0.339. The number of halogens is 3. The number of rotatable bonds is 6. The quantitative estimate of drug-likeness (QED) is 0.253. The molecule has 0 aliphatic heterocycles. The van der Waals surface area contributed by atoms with E-state index in [1.165, 1.54) is 17.4 Å². The van der Waals surface area contributed by atoms with Crippen molar-refractivity contribution >= 4 is 44.8 Å². The first-order valence-electron chi connectivity index (χ1n) is 13.0. The second kappa shape index (κ2) is 8.71. The van der Waals surface area contributed by atoms with Crippen molar-refractivity contribution < 1.29 is 23.9 Å². The van der Waals surface area contributed by atoms with Crippen LogP contribution in [-0.4, -0.2) is 26.0 Å². The van der Waals surface area contributed by atoms with E-state index in [4.69, 9.17) is 32.5 Å². The van der Waals surface area contributed by atoms with E-state index in [2.05, 4.69) is 10.1 Å². The van der Waals surface area contributed by atoms with Gasteiger partial charge in [-0.2, -0.15) is 5.26 Å². The molecule has 11 heteroatoms. The van der Waals surface area contributed by atoms with Crippen molar-refractivity contribution in [3.63, 3.8) is 0 Å². The third-order valence-corrected chi connectivity index (χ3v) is 10.8. The first kappa shape index (κ1) is 26.3. The van der Waals surface area contributed by atoms with Gasteiger partial charge in [0.2, 0.25) is 0 Å². The molecule has 0 amide bonds. The minimum atomic E-state index is -1.32. The van der Waals surface area contributed by atoms with Gasteiger partial charge in [-0.15, -0.1) is 11.3 Å². The lowest BCUT2D eigenvalue weighted by atomic mass is 9.54. The van der Waals surface area contributed by atoms with Crippen LogP contribution in [0.3, 0.4) is 0 Å². The summed E-state index contributed by atoms with van der Waals surface area (Å²) in [5.41, 5.74) is -0.988. The Bertz CT molecular complexity index is 1720. The first-order chi connectivity index (χ1) is 19.0. The molecule has 7 rings (SSSR count). The molecule has 40 heavy (non-hydrogen) atoms. The molecule has 2 bridgehead atoms. The van der Waals surface area contributed by atoms with Crippen molar-refractivity contribution in [2.45, 2.75) is 56.5 Å². The van der Waals surface area contributed by atoms with Crippen LogP contribution in [0.15, 0.2) is 34.9 Å². The largest absolute Gasteiger partial charge is 0.382 e. The highest BCUT2D eigenvalue weighted by Crippen LogP contribution is 2.74. The zero-order chi connectivity index (χ0) is 28.2. The fourth-order valence-corrected chi connectivity index (χ4v) is 9.06. The van der Waals surface area contributed by atoms with Gasteiger partial charge in [0.25, 0.3) is 0 Å². The fraction of sp³-hybridized carbons (Fsp3) is 0.414. The average molecular weight is 600 g/mol. The standard InChI is InChI=1S/C29H24Cl2FN3O4S/c1-27(2,36)25-15(23(35-39-25)22-18(30)4-3-5-19(22)31)12-38-28-9-14-8-16(28)17(10-28)29(14,37)26-34-24-20(32)6-13(11-33)7-21(24)40-26/h3-7,14,16-17,36-37H,8-10,12H2,1-2H3/t14-,16?,17?,28+,29+/m1/s1. The molecular formula is C29H24Cl2FN3O4S. The second-order valence-corrected chi connectivity index (χ2v) is 13.5. The van der Waals surface area contributed by atoms with Crippen molar-refractivity contribution in [2.24, 2.45) is 17.8 Å². The third kappa shape index (κ3) is 3.57. The van der Waals surface area contributed by atoms with Crippen LogP contribution in [0.4, 0.5) is 4.39 Å². The maximum absolute atomic E-state index is 14.6. The molecule has 2 aromatic carbocycles. The molecule has 3 saturated carbocycles. The molecule has 3 aliphatic carbocycles. The Morgan fingerprint density at radius 1 is 1.25 bits per heavy atom. The number of hydrogen-bond acceptors (Lipinski definition) is 8. The Morgan fingerprint density at radius 3 is 2.65 bits per heavy atom. The molecule has 0 spiro atoms. The predicted octanol–water partition coefficient (Wildman–Crippen LogP) is 6.70.